The van der Waals surface area contributed by atoms with Gasteiger partial charge in [0.25, 0.3) is 5.56 Å². The molecule has 0 unspecified atom stereocenters. The van der Waals surface area contributed by atoms with E-state index in [2.05, 4.69) is 4.98 Å². The number of nitrogens with zero attached hydrogens (tertiary/aromatic N) is 1. The largest absolute Gasteiger partial charge is 0.462 e. The standard InChI is InChI=1S/C17H22N2O6/c1-8(2)16(23)25-9-3-4-10-11(7-9)14(21)15(22)13(10)19-6-5-12(20)18-17(19)24/h4-6,8-9,11,13-15,21-22H,3,7H2,1-2H3,(H,18,20,24)/t9-,11+,13-,14-,15+/m1/s1. The summed E-state index contributed by atoms with van der Waals surface area (Å²) in [5, 5.41) is 20.9. The lowest BCUT2D eigenvalue weighted by atomic mass is 9.86. The zero-order valence-electron chi connectivity index (χ0n) is 14.1. The van der Waals surface area contributed by atoms with Crippen LogP contribution < -0.4 is 11.2 Å². The van der Waals surface area contributed by atoms with Crippen molar-refractivity contribution in [2.45, 2.75) is 51.0 Å². The summed E-state index contributed by atoms with van der Waals surface area (Å²) >= 11 is 0. The first kappa shape index (κ1) is 17.6. The quantitative estimate of drug-likeness (QED) is 0.509. The fourth-order valence-electron chi connectivity index (χ4n) is 3.60. The average Bonchev–Trinajstić information content (AvgIpc) is 2.79. The van der Waals surface area contributed by atoms with Crippen LogP contribution in [0.3, 0.4) is 0 Å². The molecule has 8 heteroatoms. The van der Waals surface area contributed by atoms with Crippen molar-refractivity contribution in [1.82, 2.24) is 9.55 Å². The molecule has 2 aliphatic carbocycles. The normalized spacial score (nSPS) is 31.6. The van der Waals surface area contributed by atoms with E-state index in [1.54, 1.807) is 13.8 Å². The number of carbonyl (C=O) groups excluding carboxylic acids is 1. The Bertz CT molecular complexity index is 808. The molecule has 25 heavy (non-hydrogen) atoms. The lowest BCUT2D eigenvalue weighted by Crippen LogP contribution is -2.37. The second-order valence-electron chi connectivity index (χ2n) is 6.94. The molecule has 0 amide bonds. The van der Waals surface area contributed by atoms with E-state index in [1.807, 2.05) is 6.08 Å². The Labute approximate surface area is 143 Å². The summed E-state index contributed by atoms with van der Waals surface area (Å²) in [6, 6.07) is 0.454. The van der Waals surface area contributed by atoms with E-state index in [1.165, 1.54) is 16.8 Å². The fraction of sp³-hybridized carbons (Fsp3) is 0.588. The van der Waals surface area contributed by atoms with Gasteiger partial charge in [0.1, 0.15) is 12.2 Å². The van der Waals surface area contributed by atoms with Gasteiger partial charge in [-0.2, -0.15) is 0 Å². The Balaban J connectivity index is 1.89. The molecule has 1 fully saturated rings. The molecule has 1 heterocycles. The zero-order valence-corrected chi connectivity index (χ0v) is 14.1. The SMILES string of the molecule is CC(C)C(=O)O[C@@H]1CC=C2[C@@H](n3ccc(=O)[nH]c3=O)[C@H](O)[C@H](O)[C@H]2C1. The molecule has 3 N–H and O–H groups in total. The molecule has 5 atom stereocenters. The maximum Gasteiger partial charge on any atom is 0.328 e. The van der Waals surface area contributed by atoms with Crippen molar-refractivity contribution in [2.24, 2.45) is 11.8 Å². The summed E-state index contributed by atoms with van der Waals surface area (Å²) in [5.41, 5.74) is -0.436. The third-order valence-electron chi connectivity index (χ3n) is 4.89. The Kier molecular flexibility index (Phi) is 4.66. The maximum atomic E-state index is 12.1. The van der Waals surface area contributed by atoms with Gasteiger partial charge in [0.05, 0.1) is 18.1 Å². The number of aromatic nitrogens is 2. The van der Waals surface area contributed by atoms with Crippen molar-refractivity contribution in [3.63, 3.8) is 0 Å². The highest BCUT2D eigenvalue weighted by Gasteiger charge is 2.49. The summed E-state index contributed by atoms with van der Waals surface area (Å²) in [6.07, 6.45) is 1.35. The number of carbonyl (C=O) groups is 1. The van der Waals surface area contributed by atoms with Crippen molar-refractivity contribution < 1.29 is 19.7 Å². The molecule has 0 aliphatic heterocycles. The molecule has 0 radical (unpaired) electrons. The van der Waals surface area contributed by atoms with Gasteiger partial charge in [-0.1, -0.05) is 19.9 Å². The number of H-pyrrole nitrogens is 1. The third kappa shape index (κ3) is 3.19. The number of aromatic amines is 1. The van der Waals surface area contributed by atoms with Crippen LogP contribution in [0.1, 0.15) is 32.7 Å². The molecule has 3 rings (SSSR count). The molecule has 1 saturated carbocycles. The lowest BCUT2D eigenvalue weighted by molar-refractivity contribution is -0.154. The fourth-order valence-corrected chi connectivity index (χ4v) is 3.60. The summed E-state index contributed by atoms with van der Waals surface area (Å²) in [5.74, 6) is -0.947. The first-order valence-corrected chi connectivity index (χ1v) is 8.37. The maximum absolute atomic E-state index is 12.1. The van der Waals surface area contributed by atoms with Gasteiger partial charge in [0.2, 0.25) is 0 Å². The third-order valence-corrected chi connectivity index (χ3v) is 4.89. The molecular weight excluding hydrogens is 328 g/mol. The Morgan fingerprint density at radius 3 is 2.68 bits per heavy atom. The van der Waals surface area contributed by atoms with E-state index in [9.17, 15) is 24.6 Å². The van der Waals surface area contributed by atoms with Gasteiger partial charge >= 0.3 is 11.7 Å². The van der Waals surface area contributed by atoms with E-state index in [0.717, 1.165) is 5.57 Å². The van der Waals surface area contributed by atoms with Crippen LogP contribution in [-0.4, -0.2) is 44.0 Å². The van der Waals surface area contributed by atoms with Gasteiger partial charge in [-0.15, -0.1) is 0 Å². The van der Waals surface area contributed by atoms with Crippen molar-refractivity contribution in [3.8, 4) is 0 Å². The minimum absolute atomic E-state index is 0.239. The number of nitrogens with one attached hydrogen (secondary N) is 1. The number of hydrogen-bond acceptors (Lipinski definition) is 6. The number of fused-ring (bicyclic) bond motifs is 1. The Morgan fingerprint density at radius 2 is 2.04 bits per heavy atom. The van der Waals surface area contributed by atoms with Gasteiger partial charge in [0.15, 0.2) is 0 Å². The lowest BCUT2D eigenvalue weighted by Gasteiger charge is -2.28. The van der Waals surface area contributed by atoms with Gasteiger partial charge in [-0.05, 0) is 12.0 Å². The van der Waals surface area contributed by atoms with E-state index in [-0.39, 0.29) is 18.0 Å². The van der Waals surface area contributed by atoms with Crippen molar-refractivity contribution in [3.05, 3.63) is 44.8 Å². The highest BCUT2D eigenvalue weighted by molar-refractivity contribution is 5.71. The number of aliphatic hydroxyl groups is 2. The molecule has 8 nitrogen and oxygen atoms in total. The van der Waals surface area contributed by atoms with Crippen LogP contribution in [0.15, 0.2) is 33.5 Å². The smallest absolute Gasteiger partial charge is 0.328 e. The van der Waals surface area contributed by atoms with Crippen LogP contribution in [0.2, 0.25) is 0 Å². The van der Waals surface area contributed by atoms with E-state index >= 15 is 0 Å². The van der Waals surface area contributed by atoms with E-state index in [4.69, 9.17) is 4.74 Å². The molecule has 2 aliphatic rings. The number of ether oxygens (including phenoxy) is 1. The first-order chi connectivity index (χ1) is 11.8. The first-order valence-electron chi connectivity index (χ1n) is 8.37. The van der Waals surface area contributed by atoms with Crippen LogP contribution >= 0.6 is 0 Å². The number of esters is 1. The molecule has 136 valence electrons. The average molecular weight is 350 g/mol. The highest BCUT2D eigenvalue weighted by Crippen LogP contribution is 2.45. The van der Waals surface area contributed by atoms with E-state index < -0.39 is 35.4 Å². The molecule has 0 saturated heterocycles. The van der Waals surface area contributed by atoms with Crippen LogP contribution in [0.25, 0.3) is 0 Å². The van der Waals surface area contributed by atoms with Crippen molar-refractivity contribution >= 4 is 5.97 Å². The highest BCUT2D eigenvalue weighted by atomic mass is 16.5. The van der Waals surface area contributed by atoms with Crippen molar-refractivity contribution in [1.29, 1.82) is 0 Å². The van der Waals surface area contributed by atoms with Gasteiger partial charge in [-0.25, -0.2) is 4.79 Å². The van der Waals surface area contributed by atoms with E-state index in [0.29, 0.717) is 12.8 Å². The molecule has 0 aromatic carbocycles. The summed E-state index contributed by atoms with van der Waals surface area (Å²) in [6.45, 7) is 3.50. The Morgan fingerprint density at radius 1 is 1.32 bits per heavy atom. The molecule has 0 bridgehead atoms. The number of aliphatic hydroxyl groups excluding tert-OH is 2. The minimum atomic E-state index is -1.18. The van der Waals surface area contributed by atoms with Gasteiger partial charge in [0, 0.05) is 24.6 Å². The number of rotatable bonds is 3. The van der Waals surface area contributed by atoms with Crippen LogP contribution in [0.4, 0.5) is 0 Å². The second kappa shape index (κ2) is 6.61. The van der Waals surface area contributed by atoms with Crippen molar-refractivity contribution in [2.75, 3.05) is 0 Å². The van der Waals surface area contributed by atoms with Crippen LogP contribution in [0.5, 0.6) is 0 Å². The van der Waals surface area contributed by atoms with Crippen LogP contribution in [0, 0.1) is 11.8 Å². The Hall–Kier alpha value is -2.19. The predicted molar refractivity (Wildman–Crippen MR) is 87.9 cm³/mol. The molecule has 0 spiro atoms. The van der Waals surface area contributed by atoms with Gasteiger partial charge in [-0.3, -0.25) is 19.1 Å². The molecule has 1 aromatic rings. The zero-order chi connectivity index (χ0) is 18.3. The summed E-state index contributed by atoms with van der Waals surface area (Å²) in [7, 11) is 0. The predicted octanol–water partition coefficient (Wildman–Crippen LogP) is -0.283. The molecular formula is C17H22N2O6. The second-order valence-corrected chi connectivity index (χ2v) is 6.94. The number of hydrogen-bond donors (Lipinski definition) is 3. The molecule has 1 aromatic heterocycles. The van der Waals surface area contributed by atoms with Crippen LogP contribution in [-0.2, 0) is 9.53 Å². The monoisotopic (exact) mass is 350 g/mol. The summed E-state index contributed by atoms with van der Waals surface area (Å²) < 4.78 is 6.66. The summed E-state index contributed by atoms with van der Waals surface area (Å²) in [4.78, 5) is 37.2. The topological polar surface area (TPSA) is 122 Å². The minimum Gasteiger partial charge on any atom is -0.462 e. The van der Waals surface area contributed by atoms with Gasteiger partial charge < -0.3 is 14.9 Å².